The molecule has 0 aromatic carbocycles. The molecule has 224 valence electrons. The highest BCUT2D eigenvalue weighted by Crippen LogP contribution is 2.41. The van der Waals surface area contributed by atoms with Gasteiger partial charge in [0.2, 0.25) is 11.8 Å². The summed E-state index contributed by atoms with van der Waals surface area (Å²) in [6.45, 7) is 10.1. The van der Waals surface area contributed by atoms with Gasteiger partial charge in [0.05, 0.1) is 23.5 Å². The van der Waals surface area contributed by atoms with E-state index in [1.165, 1.54) is 16.5 Å². The molecule has 4 aromatic heterocycles. The number of rotatable bonds is 7. The van der Waals surface area contributed by atoms with Crippen LogP contribution in [0.25, 0.3) is 22.2 Å². The van der Waals surface area contributed by atoms with Crippen LogP contribution < -0.4 is 5.32 Å². The molecule has 2 N–H and O–H groups in total. The zero-order chi connectivity index (χ0) is 31.2. The van der Waals surface area contributed by atoms with Gasteiger partial charge in [0.25, 0.3) is 0 Å². The van der Waals surface area contributed by atoms with Crippen molar-refractivity contribution >= 4 is 50.2 Å². The van der Waals surface area contributed by atoms with E-state index in [9.17, 15) is 19.5 Å². The van der Waals surface area contributed by atoms with E-state index < -0.39 is 23.4 Å². The van der Waals surface area contributed by atoms with Crippen LogP contribution >= 0.6 is 15.9 Å². The fourth-order valence-corrected chi connectivity index (χ4v) is 5.92. The number of aliphatic hydroxyl groups excluding tert-OH is 1. The van der Waals surface area contributed by atoms with Crippen molar-refractivity contribution in [1.29, 1.82) is 0 Å². The van der Waals surface area contributed by atoms with Crippen molar-refractivity contribution in [3.8, 4) is 11.3 Å². The third-order valence-corrected chi connectivity index (χ3v) is 8.72. The van der Waals surface area contributed by atoms with Crippen molar-refractivity contribution in [2.75, 3.05) is 11.9 Å². The Bertz CT molecular complexity index is 1760. The van der Waals surface area contributed by atoms with Crippen molar-refractivity contribution in [2.24, 2.45) is 5.41 Å². The molecular weight excluding hydrogens is 616 g/mol. The summed E-state index contributed by atoms with van der Waals surface area (Å²) in [5.74, 6) is -0.0230. The van der Waals surface area contributed by atoms with Crippen LogP contribution in [0.15, 0.2) is 35.2 Å². The van der Waals surface area contributed by atoms with Crippen molar-refractivity contribution in [1.82, 2.24) is 34.6 Å². The van der Waals surface area contributed by atoms with Gasteiger partial charge in [0, 0.05) is 41.7 Å². The highest BCUT2D eigenvalue weighted by Gasteiger charge is 2.51. The molecule has 1 aliphatic heterocycles. The average Bonchev–Trinajstić information content (AvgIpc) is 3.46. The molecule has 0 radical (unpaired) electrons. The molecule has 0 spiro atoms. The smallest absolute Gasteiger partial charge is 0.248 e. The number of anilines is 1. The lowest BCUT2D eigenvalue weighted by Gasteiger charge is -2.32. The quantitative estimate of drug-likeness (QED) is 0.225. The van der Waals surface area contributed by atoms with Crippen LogP contribution in [0.1, 0.15) is 54.8 Å². The number of Topliss-reactive ketones (excluding diaryl/α,β-unsaturated/α-hetero) is 1. The lowest BCUT2D eigenvalue weighted by Crippen LogP contribution is -2.48. The summed E-state index contributed by atoms with van der Waals surface area (Å²) < 4.78 is 2.04. The molecule has 13 heteroatoms. The molecule has 43 heavy (non-hydrogen) atoms. The summed E-state index contributed by atoms with van der Waals surface area (Å²) in [4.78, 5) is 59.4. The molecule has 0 saturated carbocycles. The van der Waals surface area contributed by atoms with Crippen LogP contribution in [0.2, 0.25) is 0 Å². The minimum Gasteiger partial charge on any atom is -0.396 e. The molecule has 5 rings (SSSR count). The van der Waals surface area contributed by atoms with Crippen LogP contribution in [0.3, 0.4) is 0 Å². The van der Waals surface area contributed by atoms with E-state index in [4.69, 9.17) is 4.98 Å². The van der Waals surface area contributed by atoms with Gasteiger partial charge in [-0.25, -0.2) is 15.0 Å². The Morgan fingerprint density at radius 2 is 1.84 bits per heavy atom. The van der Waals surface area contributed by atoms with Crippen molar-refractivity contribution in [3.05, 3.63) is 58.0 Å². The molecule has 12 nitrogen and oxygen atoms in total. The third-order valence-electron chi connectivity index (χ3n) is 8.27. The molecular formula is C30H33BrN8O4. The highest BCUT2D eigenvalue weighted by atomic mass is 79.9. The van der Waals surface area contributed by atoms with Crippen molar-refractivity contribution in [2.45, 2.75) is 66.6 Å². The minimum atomic E-state index is -0.860. The number of amides is 2. The molecule has 5 heterocycles. The normalized spacial score (nSPS) is 20.0. The van der Waals surface area contributed by atoms with E-state index in [1.54, 1.807) is 38.4 Å². The number of aliphatic hydroxyl groups is 1. The van der Waals surface area contributed by atoms with Crippen molar-refractivity contribution < 1.29 is 19.5 Å². The largest absolute Gasteiger partial charge is 0.396 e. The lowest BCUT2D eigenvalue weighted by molar-refractivity contribution is -0.139. The van der Waals surface area contributed by atoms with E-state index >= 15 is 0 Å². The highest BCUT2D eigenvalue weighted by molar-refractivity contribution is 9.10. The number of nitrogens with one attached hydrogen (secondary N) is 1. The Kier molecular flexibility index (Phi) is 8.14. The summed E-state index contributed by atoms with van der Waals surface area (Å²) >= 11 is 3.33. The molecule has 3 atom stereocenters. The van der Waals surface area contributed by atoms with Gasteiger partial charge in [0.1, 0.15) is 34.5 Å². The summed E-state index contributed by atoms with van der Waals surface area (Å²) in [7, 11) is 0. The summed E-state index contributed by atoms with van der Waals surface area (Å²) in [5.41, 5.74) is 2.65. The Morgan fingerprint density at radius 1 is 1.14 bits per heavy atom. The Balaban J connectivity index is 1.51. The zero-order valence-corrected chi connectivity index (χ0v) is 26.4. The van der Waals surface area contributed by atoms with Gasteiger partial charge in [-0.05, 0) is 67.7 Å². The van der Waals surface area contributed by atoms with Crippen LogP contribution in [0.5, 0.6) is 0 Å². The molecule has 4 aromatic rings. The number of fused-ring (bicyclic) bond motifs is 1. The number of carbonyl (C=O) groups excluding carboxylic acids is 3. The maximum atomic E-state index is 14.0. The third kappa shape index (κ3) is 5.66. The van der Waals surface area contributed by atoms with Gasteiger partial charge < -0.3 is 15.3 Å². The predicted molar refractivity (Wildman–Crippen MR) is 163 cm³/mol. The number of ketones is 1. The minimum absolute atomic E-state index is 0.205. The Morgan fingerprint density at radius 3 is 2.49 bits per heavy atom. The second-order valence-electron chi connectivity index (χ2n) is 11.4. The summed E-state index contributed by atoms with van der Waals surface area (Å²) in [6.07, 6.45) is 3.59. The average molecular weight is 650 g/mol. The van der Waals surface area contributed by atoms with Crippen LogP contribution in [-0.4, -0.2) is 76.0 Å². The number of hydrogen-bond donors (Lipinski definition) is 2. The van der Waals surface area contributed by atoms with E-state index in [-0.39, 0.29) is 37.0 Å². The molecule has 0 unspecified atom stereocenters. The Hall–Kier alpha value is -4.10. The molecule has 0 bridgehead atoms. The number of carbonyl (C=O) groups is 3. The number of likely N-dealkylation sites (tertiary alicyclic amines) is 1. The van der Waals surface area contributed by atoms with Gasteiger partial charge in [-0.2, -0.15) is 5.10 Å². The van der Waals surface area contributed by atoms with Gasteiger partial charge in [-0.1, -0.05) is 13.0 Å². The molecule has 1 saturated heterocycles. The molecule has 1 fully saturated rings. The summed E-state index contributed by atoms with van der Waals surface area (Å²) in [5, 5.41) is 18.2. The fourth-order valence-electron chi connectivity index (χ4n) is 5.61. The standard InChI is InChI=1S/C30H33BrN8O4/c1-15-7-8-24(31)35-28(15)36-29(43)23-10-30(6,14-40)18(4)39(23)25(42)13-38-27-16(2)34-22(20-11-32-19(5)33-12-20)9-21(27)26(37-38)17(3)41/h7-9,11-12,18,23,40H,10,13-14H2,1-6H3,(H,35,36,43)/t18-,23+,30+/m1/s1. The topological polar surface area (TPSA) is 156 Å². The first kappa shape index (κ1) is 30.4. The molecule has 2 amide bonds. The van der Waals surface area contributed by atoms with E-state index in [1.807, 2.05) is 26.8 Å². The second kappa shape index (κ2) is 11.5. The monoisotopic (exact) mass is 648 g/mol. The number of aromatic nitrogens is 6. The number of hydrogen-bond acceptors (Lipinski definition) is 9. The van der Waals surface area contributed by atoms with Gasteiger partial charge >= 0.3 is 0 Å². The number of pyridine rings is 2. The SMILES string of the molecule is CC(=O)c1nn(CC(=O)N2[C@H](C(=O)Nc3nc(Br)ccc3C)C[C@@](C)(CO)[C@H]2C)c2c(C)nc(-c3cnc(C)nc3)cc12. The van der Waals surface area contributed by atoms with Crippen LogP contribution in [0, 0.1) is 26.2 Å². The molecule has 1 aliphatic rings. The van der Waals surface area contributed by atoms with E-state index in [2.05, 4.69) is 41.3 Å². The molecule has 0 aliphatic carbocycles. The second-order valence-corrected chi connectivity index (χ2v) is 12.2. The van der Waals surface area contributed by atoms with E-state index in [0.717, 1.165) is 5.56 Å². The first-order valence-electron chi connectivity index (χ1n) is 13.9. The van der Waals surface area contributed by atoms with Crippen LogP contribution in [-0.2, 0) is 16.1 Å². The first-order valence-corrected chi connectivity index (χ1v) is 14.7. The number of aryl methyl sites for hydroxylation is 3. The fraction of sp³-hybridized carbons (Fsp3) is 0.400. The predicted octanol–water partition coefficient (Wildman–Crippen LogP) is 3.80. The lowest BCUT2D eigenvalue weighted by atomic mass is 9.83. The van der Waals surface area contributed by atoms with Crippen LogP contribution in [0.4, 0.5) is 5.82 Å². The van der Waals surface area contributed by atoms with Gasteiger partial charge in [-0.15, -0.1) is 0 Å². The number of nitrogens with zero attached hydrogens (tertiary/aromatic N) is 7. The Labute approximate surface area is 257 Å². The van der Waals surface area contributed by atoms with Gasteiger partial charge in [0.15, 0.2) is 5.78 Å². The number of halogens is 1. The van der Waals surface area contributed by atoms with E-state index in [0.29, 0.717) is 44.1 Å². The van der Waals surface area contributed by atoms with Crippen molar-refractivity contribution in [3.63, 3.8) is 0 Å². The van der Waals surface area contributed by atoms with Gasteiger partial charge in [-0.3, -0.25) is 24.0 Å². The maximum absolute atomic E-state index is 14.0. The zero-order valence-electron chi connectivity index (χ0n) is 24.8. The first-order chi connectivity index (χ1) is 20.3. The summed E-state index contributed by atoms with van der Waals surface area (Å²) in [6, 6.07) is 4.04. The maximum Gasteiger partial charge on any atom is 0.248 e.